The minimum atomic E-state index is -4.35. The average molecular weight is 1030 g/mol. The lowest BCUT2D eigenvalue weighted by Gasteiger charge is -2.44. The smallest absolute Gasteiger partial charge is 0.330 e. The van der Waals surface area contributed by atoms with E-state index in [0.29, 0.717) is 22.3 Å². The quantitative estimate of drug-likeness (QED) is 0.0788. The van der Waals surface area contributed by atoms with E-state index >= 15 is 0 Å². The minimum absolute atomic E-state index is 0.0208. The predicted octanol–water partition coefficient (Wildman–Crippen LogP) is 6.47. The fourth-order valence-electron chi connectivity index (χ4n) is 8.89. The number of rotatable bonds is 16. The van der Waals surface area contributed by atoms with Gasteiger partial charge in [-0.05, 0) is 52.6 Å². The van der Waals surface area contributed by atoms with Gasteiger partial charge < -0.3 is 37.6 Å². The second kappa shape index (κ2) is 20.3. The van der Waals surface area contributed by atoms with Crippen molar-refractivity contribution in [3.63, 3.8) is 0 Å². The fourth-order valence-corrected chi connectivity index (χ4v) is 16.3. The van der Waals surface area contributed by atoms with Gasteiger partial charge in [-0.1, -0.05) is 132 Å². The van der Waals surface area contributed by atoms with E-state index in [4.69, 9.17) is 39.2 Å². The number of aryl methyl sites for hydroxylation is 1. The molecular weight excluding hydrogens is 966 g/mol. The molecule has 2 fully saturated rings. The molecule has 1 unspecified atom stereocenters. The molecule has 0 aliphatic carbocycles. The Balaban J connectivity index is 1.09. The Labute approximate surface area is 414 Å². The third kappa shape index (κ3) is 10.8. The van der Waals surface area contributed by atoms with Crippen LogP contribution < -0.4 is 31.8 Å². The number of fused-ring (bicyclic) bond motifs is 1. The number of H-pyrrole nitrogens is 1. The Hall–Kier alpha value is -4.84. The van der Waals surface area contributed by atoms with Crippen molar-refractivity contribution in [2.75, 3.05) is 18.5 Å². The van der Waals surface area contributed by atoms with Crippen LogP contribution in [-0.2, 0) is 39.2 Å². The molecule has 21 heteroatoms. The van der Waals surface area contributed by atoms with Gasteiger partial charge >= 0.3 is 5.69 Å². The lowest BCUT2D eigenvalue weighted by molar-refractivity contribution is -0.215. The van der Waals surface area contributed by atoms with Crippen molar-refractivity contribution in [3.05, 3.63) is 142 Å². The molecule has 2 aliphatic rings. The number of aromatic nitrogens is 6. The van der Waals surface area contributed by atoms with Gasteiger partial charge in [-0.3, -0.25) is 23.7 Å². The van der Waals surface area contributed by atoms with Crippen LogP contribution in [0.25, 0.3) is 11.2 Å². The minimum Gasteiger partial charge on any atom is -0.780 e. The number of nitrogens with zero attached hydrogens (tertiary/aromatic N) is 5. The maximum absolute atomic E-state index is 14.6. The zero-order valence-electron chi connectivity index (χ0n) is 40.9. The van der Waals surface area contributed by atoms with Gasteiger partial charge in [0.25, 0.3) is 19.8 Å². The summed E-state index contributed by atoms with van der Waals surface area (Å²) in [6.45, 7) is 14.1. The van der Waals surface area contributed by atoms with Crippen LogP contribution >= 0.6 is 6.72 Å². The van der Waals surface area contributed by atoms with Gasteiger partial charge in [-0.2, -0.15) is 0 Å². The summed E-state index contributed by atoms with van der Waals surface area (Å²) in [5.74, 6) is -0.148. The first-order valence-electron chi connectivity index (χ1n) is 23.3. The number of nitrogens with one attached hydrogen (secondary N) is 2. The van der Waals surface area contributed by atoms with E-state index < -0.39 is 71.5 Å². The summed E-state index contributed by atoms with van der Waals surface area (Å²) in [5, 5.41) is 4.42. The van der Waals surface area contributed by atoms with E-state index in [-0.39, 0.29) is 47.9 Å². The molecule has 3 aromatic heterocycles. The first kappa shape index (κ1) is 51.5. The van der Waals surface area contributed by atoms with Crippen LogP contribution in [0.2, 0.25) is 23.2 Å². The van der Waals surface area contributed by atoms with Crippen molar-refractivity contribution in [1.82, 2.24) is 29.1 Å². The molecule has 1 amide bonds. The Morgan fingerprint density at radius 2 is 1.40 bits per heavy atom. The number of carbonyl (C=O) groups excluding carboxylic acids is 1. The van der Waals surface area contributed by atoms with E-state index in [1.165, 1.54) is 17.1 Å². The summed E-state index contributed by atoms with van der Waals surface area (Å²) in [7, 11) is -5.55. The number of hydrogen-bond acceptors (Lipinski definition) is 14. The SMILES string of the molecule is Cc1cn([C@H]2C[C@H](O[Si](C)(C)C(C)(C)C)[C@@H](COP([O-])(=S)O[C@H]3C[C@H](n4cnc5c(NC(=O)c6ccccc6)ncnc54)O[C@@H]3CO[Si](c3ccccc3)(c3ccccc3)C(C)(C)C)O2)c(=O)[nH]c1=O. The first-order valence-corrected chi connectivity index (χ1v) is 30.7. The van der Waals surface area contributed by atoms with Crippen molar-refractivity contribution in [1.29, 1.82) is 0 Å². The van der Waals surface area contributed by atoms with E-state index in [9.17, 15) is 19.3 Å². The molecular formula is C49H61N7O10PSSi2-. The highest BCUT2D eigenvalue weighted by Crippen LogP contribution is 2.48. The zero-order chi connectivity index (χ0) is 50.2. The maximum Gasteiger partial charge on any atom is 0.330 e. The van der Waals surface area contributed by atoms with Gasteiger partial charge in [-0.15, -0.1) is 0 Å². The molecule has 7 atom stereocenters. The Bertz CT molecular complexity index is 2930. The molecule has 0 bridgehead atoms. The Morgan fingerprint density at radius 3 is 2.00 bits per heavy atom. The third-order valence-electron chi connectivity index (χ3n) is 13.5. The van der Waals surface area contributed by atoms with Crippen molar-refractivity contribution < 1.29 is 37.1 Å². The normalized spacial score (nSPS) is 22.0. The summed E-state index contributed by atoms with van der Waals surface area (Å²) < 4.78 is 43.0. The monoisotopic (exact) mass is 1030 g/mol. The Kier molecular flexibility index (Phi) is 15.0. The molecule has 2 saturated heterocycles. The summed E-state index contributed by atoms with van der Waals surface area (Å²) in [6, 6.07) is 29.2. The van der Waals surface area contributed by atoms with Crippen LogP contribution in [0.4, 0.5) is 5.82 Å². The van der Waals surface area contributed by atoms with E-state index in [1.54, 1.807) is 42.1 Å². The van der Waals surface area contributed by atoms with E-state index in [1.807, 2.05) is 42.5 Å². The molecule has 5 heterocycles. The van der Waals surface area contributed by atoms with Crippen LogP contribution in [0.15, 0.2) is 119 Å². The molecule has 6 aromatic rings. The molecule has 0 saturated carbocycles. The van der Waals surface area contributed by atoms with Gasteiger partial charge in [0.2, 0.25) is 0 Å². The van der Waals surface area contributed by atoms with Crippen LogP contribution in [0, 0.1) is 6.92 Å². The second-order valence-electron chi connectivity index (χ2n) is 20.4. The van der Waals surface area contributed by atoms with Crippen molar-refractivity contribution in [2.45, 2.75) is 121 Å². The summed E-state index contributed by atoms with van der Waals surface area (Å²) in [4.78, 5) is 69.0. The lowest BCUT2D eigenvalue weighted by atomic mass is 10.2. The summed E-state index contributed by atoms with van der Waals surface area (Å²) in [6.07, 6.45) is 0.00679. The highest BCUT2D eigenvalue weighted by molar-refractivity contribution is 8.06. The molecule has 3 aromatic carbocycles. The fraction of sp³-hybridized carbons (Fsp3) is 0.429. The number of amides is 1. The summed E-state index contributed by atoms with van der Waals surface area (Å²) in [5.41, 5.74) is 0.386. The number of imidazole rings is 1. The van der Waals surface area contributed by atoms with E-state index in [0.717, 1.165) is 10.4 Å². The first-order chi connectivity index (χ1) is 33.1. The highest BCUT2D eigenvalue weighted by atomic mass is 32.5. The van der Waals surface area contributed by atoms with E-state index in [2.05, 4.69) is 104 Å². The van der Waals surface area contributed by atoms with Gasteiger partial charge in [-0.25, -0.2) is 19.7 Å². The third-order valence-corrected chi connectivity index (χ3v) is 24.6. The van der Waals surface area contributed by atoms with Gasteiger partial charge in [0.15, 0.2) is 25.3 Å². The average Bonchev–Trinajstić information content (AvgIpc) is 4.04. The number of aromatic amines is 1. The second-order valence-corrected chi connectivity index (χ2v) is 32.1. The Morgan fingerprint density at radius 1 is 0.829 bits per heavy atom. The topological polar surface area (TPSA) is 206 Å². The van der Waals surface area contributed by atoms with Crippen molar-refractivity contribution in [3.8, 4) is 0 Å². The highest BCUT2D eigenvalue weighted by Gasteiger charge is 2.52. The van der Waals surface area contributed by atoms with Gasteiger partial charge in [0, 0.05) is 30.2 Å². The largest absolute Gasteiger partial charge is 0.780 e. The van der Waals surface area contributed by atoms with Gasteiger partial charge in [0.05, 0.1) is 31.7 Å². The van der Waals surface area contributed by atoms with Crippen molar-refractivity contribution in [2.24, 2.45) is 0 Å². The molecule has 0 spiro atoms. The molecule has 0 radical (unpaired) electrons. The molecule has 2 aliphatic heterocycles. The molecule has 8 rings (SSSR count). The predicted molar refractivity (Wildman–Crippen MR) is 274 cm³/mol. The number of hydrogen-bond donors (Lipinski definition) is 2. The molecule has 372 valence electrons. The number of ether oxygens (including phenoxy) is 2. The number of benzene rings is 3. The lowest BCUT2D eigenvalue weighted by Crippen LogP contribution is -2.67. The van der Waals surface area contributed by atoms with Crippen LogP contribution in [0.1, 0.15) is 82.8 Å². The van der Waals surface area contributed by atoms with Crippen LogP contribution in [0.5, 0.6) is 0 Å². The number of carbonyl (C=O) groups is 1. The molecule has 2 N–H and O–H groups in total. The molecule has 17 nitrogen and oxygen atoms in total. The molecule has 70 heavy (non-hydrogen) atoms. The summed E-state index contributed by atoms with van der Waals surface area (Å²) >= 11 is 5.69. The van der Waals surface area contributed by atoms with Crippen LogP contribution in [0.3, 0.4) is 0 Å². The number of anilines is 1. The maximum atomic E-state index is 14.6. The van der Waals surface area contributed by atoms with Crippen LogP contribution in [-0.4, -0.2) is 89.2 Å². The standard InChI is InChI=1S/C49H62N7O10PSSi2/c1-32-27-55(47(59)54-45(32)57)40-26-37(66-69(8,9)48(2,3)4)38(63-40)28-61-67(60,68)65-36-25-41(56-31-52-42-43(50-30-51-44(42)56)53-46(58)33-19-13-10-14-20-33)64-39(36)29-62-70(49(5,6)7,34-21-15-11-16-22-34)35-23-17-12-18-24-35/h10-24,27,30-31,36-41H,25-26,28-29H2,1-9H3,(H,60,68)(H,54,57,59)(H,50,51,53,58)/p-1/t36-,37-,38+,39+,40+,41+,67?/m0/s1. The zero-order valence-corrected chi connectivity index (χ0v) is 44.6. The van der Waals surface area contributed by atoms with Crippen molar-refractivity contribution >= 4 is 68.4 Å². The van der Waals surface area contributed by atoms with Gasteiger partial charge in [0.1, 0.15) is 37.7 Å².